The van der Waals surface area contributed by atoms with Gasteiger partial charge in [0, 0.05) is 13.6 Å². The lowest BCUT2D eigenvalue weighted by Gasteiger charge is -2.27. The molecule has 0 spiro atoms. The Morgan fingerprint density at radius 3 is 2.37 bits per heavy atom. The van der Waals surface area contributed by atoms with E-state index in [4.69, 9.17) is 0 Å². The van der Waals surface area contributed by atoms with E-state index in [9.17, 15) is 9.59 Å². The van der Waals surface area contributed by atoms with E-state index in [1.807, 2.05) is 31.2 Å². The number of aryl methyl sites for hydroxylation is 1. The van der Waals surface area contributed by atoms with Gasteiger partial charge < -0.3 is 9.64 Å². The maximum Gasteiger partial charge on any atom is 0.320 e. The fourth-order valence-electron chi connectivity index (χ4n) is 1.93. The van der Waals surface area contributed by atoms with Crippen LogP contribution in [0.25, 0.3) is 0 Å². The number of nitrogens with zero attached hydrogens (tertiary/aromatic N) is 1. The zero-order valence-corrected chi connectivity index (χ0v) is 12.2. The number of methoxy groups -OCH3 is 1. The maximum absolute atomic E-state index is 12.3. The zero-order chi connectivity index (χ0) is 14.6. The van der Waals surface area contributed by atoms with Gasteiger partial charge in [0.1, 0.15) is 5.41 Å². The van der Waals surface area contributed by atoms with Crippen LogP contribution >= 0.6 is 0 Å². The van der Waals surface area contributed by atoms with Crippen molar-refractivity contribution in [2.24, 2.45) is 5.41 Å². The maximum atomic E-state index is 12.3. The first-order valence-corrected chi connectivity index (χ1v) is 6.19. The van der Waals surface area contributed by atoms with Gasteiger partial charge in [-0.05, 0) is 31.9 Å². The molecule has 0 saturated carbocycles. The Morgan fingerprint density at radius 2 is 1.84 bits per heavy atom. The van der Waals surface area contributed by atoms with Crippen LogP contribution in [0, 0.1) is 12.3 Å². The molecule has 0 heterocycles. The zero-order valence-electron chi connectivity index (χ0n) is 12.2. The van der Waals surface area contributed by atoms with Gasteiger partial charge in [-0.3, -0.25) is 9.59 Å². The van der Waals surface area contributed by atoms with Crippen molar-refractivity contribution < 1.29 is 14.3 Å². The van der Waals surface area contributed by atoms with E-state index in [0.717, 1.165) is 11.1 Å². The number of rotatable bonds is 4. The van der Waals surface area contributed by atoms with Crippen LogP contribution < -0.4 is 0 Å². The van der Waals surface area contributed by atoms with Crippen LogP contribution in [0.5, 0.6) is 0 Å². The van der Waals surface area contributed by atoms with Gasteiger partial charge in [-0.25, -0.2) is 0 Å². The molecule has 0 aliphatic carbocycles. The second-order valence-electron chi connectivity index (χ2n) is 5.20. The summed E-state index contributed by atoms with van der Waals surface area (Å²) in [6.07, 6.45) is 0. The van der Waals surface area contributed by atoms with Crippen LogP contribution in [0.4, 0.5) is 0 Å². The Morgan fingerprint density at radius 1 is 1.26 bits per heavy atom. The lowest BCUT2D eigenvalue weighted by Crippen LogP contribution is -2.43. The molecule has 4 heteroatoms. The quantitative estimate of drug-likeness (QED) is 0.617. The SMILES string of the molecule is COC(=O)C(C)(C)C(=O)N(C)Cc1ccccc1C. The Kier molecular flexibility index (Phi) is 4.70. The molecule has 0 N–H and O–H groups in total. The lowest BCUT2D eigenvalue weighted by atomic mass is 9.91. The van der Waals surface area contributed by atoms with Crippen molar-refractivity contribution in [3.05, 3.63) is 35.4 Å². The van der Waals surface area contributed by atoms with Gasteiger partial charge in [-0.15, -0.1) is 0 Å². The van der Waals surface area contributed by atoms with Gasteiger partial charge in [0.15, 0.2) is 0 Å². The van der Waals surface area contributed by atoms with E-state index in [1.165, 1.54) is 7.11 Å². The van der Waals surface area contributed by atoms with E-state index in [2.05, 4.69) is 4.74 Å². The molecule has 0 aliphatic heterocycles. The largest absolute Gasteiger partial charge is 0.468 e. The van der Waals surface area contributed by atoms with Crippen LogP contribution in [0.2, 0.25) is 0 Å². The van der Waals surface area contributed by atoms with Crippen molar-refractivity contribution in [2.75, 3.05) is 14.2 Å². The summed E-state index contributed by atoms with van der Waals surface area (Å²) >= 11 is 0. The second-order valence-corrected chi connectivity index (χ2v) is 5.20. The van der Waals surface area contributed by atoms with Crippen LogP contribution in [-0.2, 0) is 20.9 Å². The van der Waals surface area contributed by atoms with Crippen molar-refractivity contribution in [3.63, 3.8) is 0 Å². The number of carbonyl (C=O) groups excluding carboxylic acids is 2. The average molecular weight is 263 g/mol. The third-order valence-corrected chi connectivity index (χ3v) is 3.25. The fraction of sp³-hybridized carbons (Fsp3) is 0.467. The van der Waals surface area contributed by atoms with Crippen molar-refractivity contribution in [1.29, 1.82) is 0 Å². The predicted octanol–water partition coefficient (Wildman–Crippen LogP) is 2.15. The molecule has 1 rings (SSSR count). The summed E-state index contributed by atoms with van der Waals surface area (Å²) in [7, 11) is 2.98. The van der Waals surface area contributed by atoms with E-state index < -0.39 is 11.4 Å². The molecular weight excluding hydrogens is 242 g/mol. The molecule has 1 aromatic carbocycles. The molecule has 0 saturated heterocycles. The number of ether oxygens (including phenoxy) is 1. The molecule has 0 radical (unpaired) electrons. The lowest BCUT2D eigenvalue weighted by molar-refractivity contribution is -0.160. The van der Waals surface area contributed by atoms with Gasteiger partial charge in [-0.2, -0.15) is 0 Å². The van der Waals surface area contributed by atoms with Crippen LogP contribution in [-0.4, -0.2) is 30.9 Å². The summed E-state index contributed by atoms with van der Waals surface area (Å²) in [4.78, 5) is 25.5. The van der Waals surface area contributed by atoms with Gasteiger partial charge in [0.05, 0.1) is 7.11 Å². The highest BCUT2D eigenvalue weighted by Crippen LogP contribution is 2.21. The summed E-state index contributed by atoms with van der Waals surface area (Å²) in [6.45, 7) is 5.63. The van der Waals surface area contributed by atoms with E-state index >= 15 is 0 Å². The van der Waals surface area contributed by atoms with E-state index in [1.54, 1.807) is 25.8 Å². The summed E-state index contributed by atoms with van der Waals surface area (Å²) < 4.78 is 4.67. The summed E-state index contributed by atoms with van der Waals surface area (Å²) in [5, 5.41) is 0. The molecule has 0 aromatic heterocycles. The van der Waals surface area contributed by atoms with E-state index in [0.29, 0.717) is 6.54 Å². The molecule has 1 amide bonds. The van der Waals surface area contributed by atoms with Crippen molar-refractivity contribution in [2.45, 2.75) is 27.3 Å². The first-order chi connectivity index (χ1) is 8.80. The van der Waals surface area contributed by atoms with Crippen molar-refractivity contribution in [1.82, 2.24) is 4.90 Å². The summed E-state index contributed by atoms with van der Waals surface area (Å²) in [5.74, 6) is -0.767. The highest BCUT2D eigenvalue weighted by molar-refractivity contribution is 6.01. The average Bonchev–Trinajstić information content (AvgIpc) is 2.39. The molecule has 1 aromatic rings. The standard InChI is InChI=1S/C15H21NO3/c1-11-8-6-7-9-12(11)10-16(4)13(17)15(2,3)14(18)19-5/h6-9H,10H2,1-5H3. The van der Waals surface area contributed by atoms with Crippen LogP contribution in [0.3, 0.4) is 0 Å². The third kappa shape index (κ3) is 3.34. The highest BCUT2D eigenvalue weighted by atomic mass is 16.5. The molecule has 0 atom stereocenters. The van der Waals surface area contributed by atoms with Gasteiger partial charge in [0.25, 0.3) is 0 Å². The number of esters is 1. The monoisotopic (exact) mass is 263 g/mol. The molecule has 19 heavy (non-hydrogen) atoms. The first-order valence-electron chi connectivity index (χ1n) is 6.19. The molecule has 0 fully saturated rings. The molecule has 104 valence electrons. The third-order valence-electron chi connectivity index (χ3n) is 3.25. The predicted molar refractivity (Wildman–Crippen MR) is 73.5 cm³/mol. The smallest absolute Gasteiger partial charge is 0.320 e. The molecule has 0 bridgehead atoms. The van der Waals surface area contributed by atoms with Crippen LogP contribution in [0.1, 0.15) is 25.0 Å². The van der Waals surface area contributed by atoms with Crippen molar-refractivity contribution in [3.8, 4) is 0 Å². The summed E-state index contributed by atoms with van der Waals surface area (Å²) in [5.41, 5.74) is 1.03. The number of hydrogen-bond donors (Lipinski definition) is 0. The Bertz CT molecular complexity index is 480. The van der Waals surface area contributed by atoms with Gasteiger partial charge in [0.2, 0.25) is 5.91 Å². The van der Waals surface area contributed by atoms with Gasteiger partial charge in [-0.1, -0.05) is 24.3 Å². The minimum atomic E-state index is -1.16. The van der Waals surface area contributed by atoms with Crippen LogP contribution in [0.15, 0.2) is 24.3 Å². The topological polar surface area (TPSA) is 46.6 Å². The minimum Gasteiger partial charge on any atom is -0.468 e. The molecular formula is C15H21NO3. The van der Waals surface area contributed by atoms with Gasteiger partial charge >= 0.3 is 5.97 Å². The normalized spacial score (nSPS) is 11.0. The molecule has 0 aliphatic rings. The second kappa shape index (κ2) is 5.87. The Hall–Kier alpha value is -1.84. The number of benzene rings is 1. The first kappa shape index (κ1) is 15.2. The van der Waals surface area contributed by atoms with Crippen molar-refractivity contribution >= 4 is 11.9 Å². The molecule has 0 unspecified atom stereocenters. The Labute approximate surface area is 114 Å². The highest BCUT2D eigenvalue weighted by Gasteiger charge is 2.39. The van der Waals surface area contributed by atoms with E-state index in [-0.39, 0.29) is 5.91 Å². The fourth-order valence-corrected chi connectivity index (χ4v) is 1.93. The molecule has 4 nitrogen and oxygen atoms in total. The summed E-state index contributed by atoms with van der Waals surface area (Å²) in [6, 6.07) is 7.87. The number of amides is 1. The minimum absolute atomic E-state index is 0.248. The number of carbonyl (C=O) groups is 2. The number of hydrogen-bond acceptors (Lipinski definition) is 3. The Balaban J connectivity index is 2.84.